The highest BCUT2D eigenvalue weighted by molar-refractivity contribution is 6.34. The van der Waals surface area contributed by atoms with Crippen molar-refractivity contribution >= 4 is 35.1 Å². The highest BCUT2D eigenvalue weighted by Gasteiger charge is 2.37. The quantitative estimate of drug-likeness (QED) is 0.442. The second kappa shape index (κ2) is 7.42. The molecule has 3 N–H and O–H groups in total. The molecule has 4 rings (SSSR count). The van der Waals surface area contributed by atoms with E-state index in [2.05, 4.69) is 5.32 Å². The van der Waals surface area contributed by atoms with Gasteiger partial charge in [-0.05, 0) is 61.0 Å². The van der Waals surface area contributed by atoms with Crippen molar-refractivity contribution in [3.63, 3.8) is 0 Å². The van der Waals surface area contributed by atoms with Crippen molar-refractivity contribution in [2.75, 3.05) is 10.2 Å². The van der Waals surface area contributed by atoms with Gasteiger partial charge in [-0.25, -0.2) is 9.69 Å². The summed E-state index contributed by atoms with van der Waals surface area (Å²) in [5, 5.41) is 21.2. The van der Waals surface area contributed by atoms with E-state index in [1.54, 1.807) is 31.2 Å². The smallest absolute Gasteiger partial charge is 0.339 e. The van der Waals surface area contributed by atoms with Crippen LogP contribution in [0.25, 0.3) is 0 Å². The zero-order chi connectivity index (χ0) is 22.3. The van der Waals surface area contributed by atoms with Crippen LogP contribution in [0.5, 0.6) is 5.75 Å². The van der Waals surface area contributed by atoms with E-state index in [0.717, 1.165) is 11.0 Å². The van der Waals surface area contributed by atoms with Crippen LogP contribution in [0.3, 0.4) is 0 Å². The van der Waals surface area contributed by atoms with Crippen molar-refractivity contribution in [3.8, 4) is 5.75 Å². The maximum atomic E-state index is 12.7. The monoisotopic (exact) mass is 416 g/mol. The molecular formula is C23H16N2O6. The number of hydrogen-bond acceptors (Lipinski definition) is 5. The fraction of sp³-hybridized carbons (Fsp3) is 0.0435. The molecule has 0 saturated carbocycles. The van der Waals surface area contributed by atoms with E-state index < -0.39 is 29.4 Å². The number of aryl methyl sites for hydroxylation is 1. The average molecular weight is 416 g/mol. The Labute approximate surface area is 176 Å². The van der Waals surface area contributed by atoms with Gasteiger partial charge in [0.05, 0.1) is 16.8 Å². The Morgan fingerprint density at radius 3 is 2.13 bits per heavy atom. The fourth-order valence-corrected chi connectivity index (χ4v) is 3.44. The summed E-state index contributed by atoms with van der Waals surface area (Å²) in [5.74, 6) is -3.10. The van der Waals surface area contributed by atoms with Crippen LogP contribution in [0.1, 0.15) is 47.0 Å². The molecule has 0 aromatic heterocycles. The molecule has 8 nitrogen and oxygen atoms in total. The zero-order valence-corrected chi connectivity index (χ0v) is 16.2. The molecule has 0 unspecified atom stereocenters. The molecule has 0 fully saturated rings. The maximum Gasteiger partial charge on any atom is 0.339 e. The van der Waals surface area contributed by atoms with Crippen molar-refractivity contribution in [3.05, 3.63) is 88.5 Å². The molecule has 3 amide bonds. The van der Waals surface area contributed by atoms with E-state index in [0.29, 0.717) is 22.4 Å². The van der Waals surface area contributed by atoms with Crippen LogP contribution in [-0.2, 0) is 0 Å². The standard InChI is InChI=1S/C23H16N2O6/c1-12-10-13(20(27)24-14-7-9-19(26)17(11-14)23(30)31)6-8-18(12)25-21(28)15-4-2-3-5-16(15)22(25)29/h2-11,26H,1H3,(H,24,27)(H,30,31). The van der Waals surface area contributed by atoms with Gasteiger partial charge in [-0.3, -0.25) is 14.4 Å². The molecule has 0 radical (unpaired) electrons. The van der Waals surface area contributed by atoms with Gasteiger partial charge >= 0.3 is 5.97 Å². The lowest BCUT2D eigenvalue weighted by Crippen LogP contribution is -2.30. The van der Waals surface area contributed by atoms with E-state index in [4.69, 9.17) is 5.11 Å². The molecule has 0 atom stereocenters. The largest absolute Gasteiger partial charge is 0.507 e. The molecule has 1 aliphatic heterocycles. The number of amides is 3. The van der Waals surface area contributed by atoms with E-state index >= 15 is 0 Å². The predicted molar refractivity (Wildman–Crippen MR) is 112 cm³/mol. The SMILES string of the molecule is Cc1cc(C(=O)Nc2ccc(O)c(C(=O)O)c2)ccc1N1C(=O)c2ccccc2C1=O. The van der Waals surface area contributed by atoms with Crippen molar-refractivity contribution in [1.29, 1.82) is 0 Å². The molecule has 0 spiro atoms. The van der Waals surface area contributed by atoms with Crippen LogP contribution < -0.4 is 10.2 Å². The van der Waals surface area contributed by atoms with Crippen molar-refractivity contribution < 1.29 is 29.4 Å². The first-order valence-corrected chi connectivity index (χ1v) is 9.24. The Balaban J connectivity index is 1.59. The molecule has 3 aromatic rings. The first-order chi connectivity index (χ1) is 14.8. The number of phenols is 1. The van der Waals surface area contributed by atoms with Crippen molar-refractivity contribution in [2.24, 2.45) is 0 Å². The Hall–Kier alpha value is -4.46. The number of benzene rings is 3. The Bertz CT molecular complexity index is 1250. The summed E-state index contributed by atoms with van der Waals surface area (Å²) in [7, 11) is 0. The number of carboxylic acids is 1. The third kappa shape index (κ3) is 3.40. The van der Waals surface area contributed by atoms with Crippen LogP contribution in [0.15, 0.2) is 60.7 Å². The van der Waals surface area contributed by atoms with E-state index in [1.165, 1.54) is 30.3 Å². The number of carbonyl (C=O) groups excluding carboxylic acids is 3. The van der Waals surface area contributed by atoms with Gasteiger partial charge in [0, 0.05) is 11.3 Å². The maximum absolute atomic E-state index is 12.7. The third-order valence-corrected chi connectivity index (χ3v) is 4.98. The molecule has 31 heavy (non-hydrogen) atoms. The average Bonchev–Trinajstić information content (AvgIpc) is 3.00. The minimum atomic E-state index is -1.32. The van der Waals surface area contributed by atoms with Gasteiger partial charge in [0.2, 0.25) is 0 Å². The fourth-order valence-electron chi connectivity index (χ4n) is 3.44. The number of imide groups is 1. The highest BCUT2D eigenvalue weighted by Crippen LogP contribution is 2.31. The lowest BCUT2D eigenvalue weighted by molar-refractivity contribution is 0.0692. The van der Waals surface area contributed by atoms with Crippen LogP contribution in [-0.4, -0.2) is 33.9 Å². The second-order valence-corrected chi connectivity index (χ2v) is 6.98. The number of carboxylic acid groups (broad SMARTS) is 1. The minimum absolute atomic E-state index is 0.197. The van der Waals surface area contributed by atoms with E-state index in [1.807, 2.05) is 0 Å². The number of aromatic carboxylic acids is 1. The first-order valence-electron chi connectivity index (χ1n) is 9.24. The molecule has 0 bridgehead atoms. The molecular weight excluding hydrogens is 400 g/mol. The summed E-state index contributed by atoms with van der Waals surface area (Å²) in [6.45, 7) is 1.68. The van der Waals surface area contributed by atoms with Crippen LogP contribution >= 0.6 is 0 Å². The van der Waals surface area contributed by atoms with Crippen molar-refractivity contribution in [1.82, 2.24) is 0 Å². The molecule has 3 aromatic carbocycles. The second-order valence-electron chi connectivity index (χ2n) is 6.98. The number of nitrogens with zero attached hydrogens (tertiary/aromatic N) is 1. The number of carbonyl (C=O) groups is 4. The van der Waals surface area contributed by atoms with E-state index in [9.17, 15) is 24.3 Å². The summed E-state index contributed by atoms with van der Waals surface area (Å²) < 4.78 is 0. The minimum Gasteiger partial charge on any atom is -0.507 e. The third-order valence-electron chi connectivity index (χ3n) is 4.98. The molecule has 8 heteroatoms. The highest BCUT2D eigenvalue weighted by atomic mass is 16.4. The lowest BCUT2D eigenvalue weighted by Gasteiger charge is -2.17. The summed E-state index contributed by atoms with van der Waals surface area (Å²) >= 11 is 0. The topological polar surface area (TPSA) is 124 Å². The number of nitrogens with one attached hydrogen (secondary N) is 1. The van der Waals surface area contributed by atoms with Gasteiger partial charge in [0.1, 0.15) is 11.3 Å². The Morgan fingerprint density at radius 2 is 1.55 bits per heavy atom. The summed E-state index contributed by atoms with van der Waals surface area (Å²) in [6, 6.07) is 14.8. The Morgan fingerprint density at radius 1 is 0.903 bits per heavy atom. The lowest BCUT2D eigenvalue weighted by atomic mass is 10.1. The first kappa shape index (κ1) is 19.8. The Kier molecular flexibility index (Phi) is 4.75. The van der Waals surface area contributed by atoms with Gasteiger partial charge in [0.25, 0.3) is 17.7 Å². The van der Waals surface area contributed by atoms with Gasteiger partial charge < -0.3 is 15.5 Å². The molecule has 1 aliphatic rings. The number of aromatic hydroxyl groups is 1. The summed E-state index contributed by atoms with van der Waals surface area (Å²) in [4.78, 5) is 50.2. The zero-order valence-electron chi connectivity index (χ0n) is 16.2. The molecule has 0 saturated heterocycles. The predicted octanol–water partition coefficient (Wildman–Crippen LogP) is 3.45. The summed E-state index contributed by atoms with van der Waals surface area (Å²) in [6.07, 6.45) is 0. The van der Waals surface area contributed by atoms with E-state index in [-0.39, 0.29) is 16.8 Å². The van der Waals surface area contributed by atoms with Crippen molar-refractivity contribution in [2.45, 2.75) is 6.92 Å². The summed E-state index contributed by atoms with van der Waals surface area (Å²) in [5.41, 5.74) is 1.69. The number of hydrogen-bond donors (Lipinski definition) is 3. The molecule has 0 aliphatic carbocycles. The van der Waals surface area contributed by atoms with Gasteiger partial charge in [0.15, 0.2) is 0 Å². The molecule has 1 heterocycles. The number of anilines is 2. The van der Waals surface area contributed by atoms with Gasteiger partial charge in [-0.15, -0.1) is 0 Å². The van der Waals surface area contributed by atoms with Crippen LogP contribution in [0, 0.1) is 6.92 Å². The number of fused-ring (bicyclic) bond motifs is 1. The van der Waals surface area contributed by atoms with Gasteiger partial charge in [-0.2, -0.15) is 0 Å². The normalized spacial score (nSPS) is 12.6. The van der Waals surface area contributed by atoms with Gasteiger partial charge in [-0.1, -0.05) is 12.1 Å². The van der Waals surface area contributed by atoms with Crippen LogP contribution in [0.4, 0.5) is 11.4 Å². The number of rotatable bonds is 4. The van der Waals surface area contributed by atoms with Crippen LogP contribution in [0.2, 0.25) is 0 Å². The molecule has 154 valence electrons.